The number of rotatable bonds is 7. The molecule has 1 saturated carbocycles. The van der Waals surface area contributed by atoms with Gasteiger partial charge in [-0.25, -0.2) is 0 Å². The molecule has 1 aliphatic rings. The van der Waals surface area contributed by atoms with E-state index in [9.17, 15) is 9.90 Å². The van der Waals surface area contributed by atoms with E-state index in [0.29, 0.717) is 0 Å². The third kappa shape index (κ3) is 4.64. The Morgan fingerprint density at radius 3 is 2.41 bits per heavy atom. The van der Waals surface area contributed by atoms with E-state index >= 15 is 0 Å². The van der Waals surface area contributed by atoms with Gasteiger partial charge in [0.15, 0.2) is 0 Å². The van der Waals surface area contributed by atoms with E-state index in [1.165, 1.54) is 6.42 Å². The third-order valence-corrected chi connectivity index (χ3v) is 3.61. The molecule has 0 aliphatic heterocycles. The van der Waals surface area contributed by atoms with Crippen molar-refractivity contribution in [3.63, 3.8) is 0 Å². The van der Waals surface area contributed by atoms with Gasteiger partial charge in [-0.15, -0.1) is 0 Å². The second-order valence-electron chi connectivity index (χ2n) is 5.39. The fraction of sp³-hybridized carbons (Fsp3) is 0.923. The molecule has 0 aromatic carbocycles. The molecule has 0 amide bonds. The lowest BCUT2D eigenvalue weighted by molar-refractivity contribution is -0.146. The summed E-state index contributed by atoms with van der Waals surface area (Å²) in [5.41, 5.74) is -0.629. The monoisotopic (exact) mass is 242 g/mol. The SMILES string of the molecule is CN(C)CCCCNC1(C(=O)O)CCCCC1. The Kier molecular flexibility index (Phi) is 5.92. The number of carboxylic acids is 1. The Hall–Kier alpha value is -0.610. The van der Waals surface area contributed by atoms with Gasteiger partial charge in [0, 0.05) is 0 Å². The summed E-state index contributed by atoms with van der Waals surface area (Å²) in [4.78, 5) is 13.5. The van der Waals surface area contributed by atoms with Crippen molar-refractivity contribution >= 4 is 5.97 Å². The van der Waals surface area contributed by atoms with E-state index in [4.69, 9.17) is 0 Å². The Labute approximate surface area is 104 Å². The maximum atomic E-state index is 11.4. The summed E-state index contributed by atoms with van der Waals surface area (Å²) in [6.07, 6.45) is 7.00. The zero-order valence-electron chi connectivity index (χ0n) is 11.2. The molecule has 0 radical (unpaired) electrons. The minimum Gasteiger partial charge on any atom is -0.480 e. The van der Waals surface area contributed by atoms with E-state index in [2.05, 4.69) is 24.3 Å². The van der Waals surface area contributed by atoms with Crippen LogP contribution in [0.25, 0.3) is 0 Å². The number of nitrogens with one attached hydrogen (secondary N) is 1. The average molecular weight is 242 g/mol. The lowest BCUT2D eigenvalue weighted by Gasteiger charge is -2.34. The minimum absolute atomic E-state index is 0.629. The molecule has 17 heavy (non-hydrogen) atoms. The Balaban J connectivity index is 2.27. The van der Waals surface area contributed by atoms with Crippen LogP contribution in [0.5, 0.6) is 0 Å². The topological polar surface area (TPSA) is 52.6 Å². The summed E-state index contributed by atoms with van der Waals surface area (Å²) in [6.45, 7) is 1.89. The highest BCUT2D eigenvalue weighted by atomic mass is 16.4. The van der Waals surface area contributed by atoms with E-state index in [1.807, 2.05) is 0 Å². The van der Waals surface area contributed by atoms with Crippen LogP contribution in [-0.2, 0) is 4.79 Å². The smallest absolute Gasteiger partial charge is 0.323 e. The summed E-state index contributed by atoms with van der Waals surface area (Å²) >= 11 is 0. The van der Waals surface area contributed by atoms with Crippen molar-refractivity contribution < 1.29 is 9.90 Å². The Morgan fingerprint density at radius 1 is 1.24 bits per heavy atom. The molecule has 4 nitrogen and oxygen atoms in total. The molecule has 0 spiro atoms. The molecule has 4 heteroatoms. The highest BCUT2D eigenvalue weighted by Gasteiger charge is 2.38. The van der Waals surface area contributed by atoms with Crippen molar-refractivity contribution in [2.75, 3.05) is 27.2 Å². The lowest BCUT2D eigenvalue weighted by Crippen LogP contribution is -2.53. The van der Waals surface area contributed by atoms with Gasteiger partial charge >= 0.3 is 5.97 Å². The van der Waals surface area contributed by atoms with Gasteiger partial charge in [-0.3, -0.25) is 4.79 Å². The molecule has 100 valence electrons. The van der Waals surface area contributed by atoms with Crippen LogP contribution in [0.15, 0.2) is 0 Å². The van der Waals surface area contributed by atoms with E-state index < -0.39 is 11.5 Å². The summed E-state index contributed by atoms with van der Waals surface area (Å²) in [5, 5.41) is 12.7. The molecule has 0 atom stereocenters. The fourth-order valence-corrected chi connectivity index (χ4v) is 2.50. The van der Waals surface area contributed by atoms with E-state index in [1.54, 1.807) is 0 Å². The number of hydrogen-bond acceptors (Lipinski definition) is 3. The number of aliphatic carboxylic acids is 1. The van der Waals surface area contributed by atoms with Crippen LogP contribution >= 0.6 is 0 Å². The van der Waals surface area contributed by atoms with Crippen LogP contribution in [0.3, 0.4) is 0 Å². The number of hydrogen-bond donors (Lipinski definition) is 2. The van der Waals surface area contributed by atoms with Gasteiger partial charge in [-0.05, 0) is 52.9 Å². The van der Waals surface area contributed by atoms with Crippen LogP contribution in [0.4, 0.5) is 0 Å². The second-order valence-corrected chi connectivity index (χ2v) is 5.39. The molecule has 0 bridgehead atoms. The minimum atomic E-state index is -0.662. The van der Waals surface area contributed by atoms with Crippen molar-refractivity contribution in [1.29, 1.82) is 0 Å². The van der Waals surface area contributed by atoms with Crippen molar-refractivity contribution in [2.45, 2.75) is 50.5 Å². The van der Waals surface area contributed by atoms with Crippen LogP contribution in [0.2, 0.25) is 0 Å². The van der Waals surface area contributed by atoms with Crippen molar-refractivity contribution in [3.05, 3.63) is 0 Å². The first-order chi connectivity index (χ1) is 8.07. The predicted octanol–water partition coefficient (Wildman–Crippen LogP) is 1.71. The molecule has 0 aromatic heterocycles. The van der Waals surface area contributed by atoms with Gasteiger partial charge in [0.2, 0.25) is 0 Å². The normalized spacial score (nSPS) is 19.5. The van der Waals surface area contributed by atoms with Crippen LogP contribution in [0.1, 0.15) is 44.9 Å². The third-order valence-electron chi connectivity index (χ3n) is 3.61. The van der Waals surface area contributed by atoms with Crippen LogP contribution in [-0.4, -0.2) is 48.7 Å². The first-order valence-corrected chi connectivity index (χ1v) is 6.70. The molecule has 1 aliphatic carbocycles. The molecule has 2 N–H and O–H groups in total. The summed E-state index contributed by atoms with van der Waals surface area (Å²) in [5.74, 6) is -0.662. The summed E-state index contributed by atoms with van der Waals surface area (Å²) in [7, 11) is 4.13. The maximum absolute atomic E-state index is 11.4. The molecule has 1 rings (SSSR count). The number of unbranched alkanes of at least 4 members (excludes halogenated alkanes) is 1. The molecule has 0 heterocycles. The summed E-state index contributed by atoms with van der Waals surface area (Å²) in [6, 6.07) is 0. The van der Waals surface area contributed by atoms with Crippen LogP contribution < -0.4 is 5.32 Å². The van der Waals surface area contributed by atoms with Gasteiger partial charge < -0.3 is 15.3 Å². The number of carbonyl (C=O) groups is 1. The predicted molar refractivity (Wildman–Crippen MR) is 69.2 cm³/mol. The lowest BCUT2D eigenvalue weighted by atomic mass is 9.81. The van der Waals surface area contributed by atoms with Gasteiger partial charge in [-0.1, -0.05) is 19.3 Å². The zero-order valence-corrected chi connectivity index (χ0v) is 11.2. The molecule has 0 unspecified atom stereocenters. The Morgan fingerprint density at radius 2 is 1.88 bits per heavy atom. The largest absolute Gasteiger partial charge is 0.480 e. The Bertz CT molecular complexity index is 236. The van der Waals surface area contributed by atoms with Crippen molar-refractivity contribution in [1.82, 2.24) is 10.2 Å². The standard InChI is InChI=1S/C13H26N2O2/c1-15(2)11-7-6-10-14-13(12(16)17)8-4-3-5-9-13/h14H,3-11H2,1-2H3,(H,16,17). The van der Waals surface area contributed by atoms with Gasteiger partial charge in [-0.2, -0.15) is 0 Å². The second kappa shape index (κ2) is 6.97. The van der Waals surface area contributed by atoms with Gasteiger partial charge in [0.05, 0.1) is 0 Å². The number of nitrogens with zero attached hydrogens (tertiary/aromatic N) is 1. The average Bonchev–Trinajstić information content (AvgIpc) is 2.29. The quantitative estimate of drug-likeness (QED) is 0.667. The van der Waals surface area contributed by atoms with Crippen molar-refractivity contribution in [3.8, 4) is 0 Å². The van der Waals surface area contributed by atoms with E-state index in [0.717, 1.165) is 51.6 Å². The van der Waals surface area contributed by atoms with Gasteiger partial charge in [0.1, 0.15) is 5.54 Å². The molecular weight excluding hydrogens is 216 g/mol. The molecular formula is C13H26N2O2. The highest BCUT2D eigenvalue weighted by molar-refractivity contribution is 5.78. The molecule has 1 fully saturated rings. The van der Waals surface area contributed by atoms with Crippen LogP contribution in [0, 0.1) is 0 Å². The van der Waals surface area contributed by atoms with Crippen molar-refractivity contribution in [2.24, 2.45) is 0 Å². The number of carboxylic acid groups (broad SMARTS) is 1. The highest BCUT2D eigenvalue weighted by Crippen LogP contribution is 2.28. The van der Waals surface area contributed by atoms with E-state index in [-0.39, 0.29) is 0 Å². The fourth-order valence-electron chi connectivity index (χ4n) is 2.50. The molecule has 0 aromatic rings. The first-order valence-electron chi connectivity index (χ1n) is 6.70. The van der Waals surface area contributed by atoms with Gasteiger partial charge in [0.25, 0.3) is 0 Å². The summed E-state index contributed by atoms with van der Waals surface area (Å²) < 4.78 is 0. The zero-order chi connectivity index (χ0) is 12.7. The molecule has 0 saturated heterocycles. The maximum Gasteiger partial charge on any atom is 0.323 e. The first kappa shape index (κ1) is 14.5.